The Labute approximate surface area is 115 Å². The van der Waals surface area contributed by atoms with Crippen LogP contribution in [0.4, 0.5) is 5.95 Å². The van der Waals surface area contributed by atoms with Gasteiger partial charge < -0.3 is 15.4 Å². The molecule has 0 spiro atoms. The quantitative estimate of drug-likeness (QED) is 0.704. The maximum Gasteiger partial charge on any atom is 0.332 e. The zero-order valence-electron chi connectivity index (χ0n) is 11.8. The Morgan fingerprint density at radius 1 is 1.45 bits per heavy atom. The number of aromatic nitrogens is 4. The van der Waals surface area contributed by atoms with Crippen molar-refractivity contribution in [3.8, 4) is 0 Å². The minimum Gasteiger partial charge on any atom is -0.395 e. The first-order valence-corrected chi connectivity index (χ1v) is 6.57. The Kier molecular flexibility index (Phi) is 3.93. The molecule has 0 bridgehead atoms. The lowest BCUT2D eigenvalue weighted by atomic mass is 10.2. The van der Waals surface area contributed by atoms with Gasteiger partial charge in [0, 0.05) is 19.6 Å². The first-order valence-electron chi connectivity index (χ1n) is 6.57. The monoisotopic (exact) mass is 281 g/mol. The maximum atomic E-state index is 12.2. The number of hydrogen-bond acceptors (Lipinski definition) is 5. The van der Waals surface area contributed by atoms with Gasteiger partial charge in [-0.05, 0) is 13.3 Å². The first kappa shape index (κ1) is 14.3. The van der Waals surface area contributed by atoms with E-state index < -0.39 is 5.56 Å². The molecule has 20 heavy (non-hydrogen) atoms. The lowest BCUT2D eigenvalue weighted by molar-refractivity contribution is 0.311. The third-order valence-corrected chi connectivity index (χ3v) is 3.36. The van der Waals surface area contributed by atoms with Gasteiger partial charge in [-0.3, -0.25) is 13.9 Å². The second-order valence-corrected chi connectivity index (χ2v) is 4.71. The van der Waals surface area contributed by atoms with Gasteiger partial charge in [-0.15, -0.1) is 0 Å². The van der Waals surface area contributed by atoms with E-state index in [2.05, 4.69) is 15.3 Å². The van der Waals surface area contributed by atoms with Gasteiger partial charge in [0.1, 0.15) is 0 Å². The van der Waals surface area contributed by atoms with Crippen LogP contribution in [0.15, 0.2) is 9.59 Å². The molecule has 1 atom stereocenters. The smallest absolute Gasteiger partial charge is 0.332 e. The lowest BCUT2D eigenvalue weighted by Gasteiger charge is -2.14. The highest BCUT2D eigenvalue weighted by molar-refractivity contribution is 5.72. The van der Waals surface area contributed by atoms with Gasteiger partial charge in [-0.1, -0.05) is 6.92 Å². The molecule has 0 radical (unpaired) electrons. The van der Waals surface area contributed by atoms with Crippen molar-refractivity contribution in [2.24, 2.45) is 7.05 Å². The molecule has 110 valence electrons. The summed E-state index contributed by atoms with van der Waals surface area (Å²) in [5, 5.41) is 11.7. The Bertz CT molecular complexity index is 727. The molecule has 8 nitrogen and oxygen atoms in total. The summed E-state index contributed by atoms with van der Waals surface area (Å²) in [6.45, 7) is 4.13. The Balaban J connectivity index is 2.73. The van der Waals surface area contributed by atoms with Gasteiger partial charge in [0.25, 0.3) is 5.56 Å². The molecule has 2 heterocycles. The summed E-state index contributed by atoms with van der Waals surface area (Å²) in [5.41, 5.74) is -0.160. The van der Waals surface area contributed by atoms with Gasteiger partial charge in [0.05, 0.1) is 6.61 Å². The predicted molar refractivity (Wildman–Crippen MR) is 76.2 cm³/mol. The number of imidazole rings is 1. The van der Waals surface area contributed by atoms with Crippen LogP contribution in [0, 0.1) is 0 Å². The molecule has 0 amide bonds. The van der Waals surface area contributed by atoms with E-state index in [1.165, 1.54) is 11.6 Å². The van der Waals surface area contributed by atoms with Crippen molar-refractivity contribution in [3.63, 3.8) is 0 Å². The minimum atomic E-state index is -0.408. The van der Waals surface area contributed by atoms with E-state index in [0.29, 0.717) is 18.1 Å². The van der Waals surface area contributed by atoms with E-state index in [0.717, 1.165) is 11.0 Å². The lowest BCUT2D eigenvalue weighted by Crippen LogP contribution is -2.39. The van der Waals surface area contributed by atoms with Crippen LogP contribution in [-0.2, 0) is 7.05 Å². The van der Waals surface area contributed by atoms with Crippen molar-refractivity contribution in [3.05, 3.63) is 20.8 Å². The minimum absolute atomic E-state index is 0.0484. The van der Waals surface area contributed by atoms with Crippen LogP contribution >= 0.6 is 0 Å². The summed E-state index contributed by atoms with van der Waals surface area (Å²) < 4.78 is 2.58. The molecule has 0 saturated carbocycles. The predicted octanol–water partition coefficient (Wildman–Crippen LogP) is -0.202. The van der Waals surface area contributed by atoms with Gasteiger partial charge in [-0.2, -0.15) is 4.98 Å². The molecule has 0 aliphatic carbocycles. The number of anilines is 1. The summed E-state index contributed by atoms with van der Waals surface area (Å²) in [6.07, 6.45) is 0.749. The number of aliphatic hydroxyl groups excluding tert-OH is 1. The number of H-pyrrole nitrogens is 1. The fourth-order valence-corrected chi connectivity index (χ4v) is 2.03. The van der Waals surface area contributed by atoms with Gasteiger partial charge in [0.15, 0.2) is 11.2 Å². The molecule has 1 unspecified atom stereocenters. The average molecular weight is 281 g/mol. The number of rotatable bonds is 5. The summed E-state index contributed by atoms with van der Waals surface area (Å²) in [7, 11) is 1.45. The van der Waals surface area contributed by atoms with Crippen molar-refractivity contribution < 1.29 is 5.11 Å². The third-order valence-electron chi connectivity index (χ3n) is 3.36. The maximum absolute atomic E-state index is 12.2. The third kappa shape index (κ3) is 2.22. The van der Waals surface area contributed by atoms with Crippen LogP contribution in [-0.4, -0.2) is 37.4 Å². The van der Waals surface area contributed by atoms with Crippen molar-refractivity contribution in [2.45, 2.75) is 26.3 Å². The summed E-state index contributed by atoms with van der Waals surface area (Å²) in [4.78, 5) is 31.5. The second-order valence-electron chi connectivity index (χ2n) is 4.71. The van der Waals surface area contributed by atoms with E-state index in [-0.39, 0.29) is 23.9 Å². The standard InChI is InChI=1S/C12H19N5O3/c1-4-7(2)17-9-8(10(19)16(3)12(17)20)14-11(15-9)13-5-6-18/h7,18H,4-6H2,1-3H3,(H2,13,14,15). The van der Waals surface area contributed by atoms with Crippen LogP contribution in [0.1, 0.15) is 26.3 Å². The van der Waals surface area contributed by atoms with E-state index in [1.54, 1.807) is 0 Å². The largest absolute Gasteiger partial charge is 0.395 e. The molecular formula is C12H19N5O3. The molecular weight excluding hydrogens is 262 g/mol. The van der Waals surface area contributed by atoms with Crippen LogP contribution in [0.2, 0.25) is 0 Å². The number of fused-ring (bicyclic) bond motifs is 1. The van der Waals surface area contributed by atoms with Gasteiger partial charge in [0.2, 0.25) is 5.95 Å². The zero-order chi connectivity index (χ0) is 14.9. The number of nitrogens with one attached hydrogen (secondary N) is 2. The number of aliphatic hydroxyl groups is 1. The van der Waals surface area contributed by atoms with E-state index >= 15 is 0 Å². The Hall–Kier alpha value is -2.09. The number of aromatic amines is 1. The summed E-state index contributed by atoms with van der Waals surface area (Å²) >= 11 is 0. The summed E-state index contributed by atoms with van der Waals surface area (Å²) in [6, 6.07) is -0.0641. The van der Waals surface area contributed by atoms with E-state index in [1.807, 2.05) is 13.8 Å². The molecule has 0 aliphatic rings. The molecule has 0 saturated heterocycles. The zero-order valence-corrected chi connectivity index (χ0v) is 11.8. The van der Waals surface area contributed by atoms with Gasteiger partial charge in [-0.25, -0.2) is 4.79 Å². The fourth-order valence-electron chi connectivity index (χ4n) is 2.03. The highest BCUT2D eigenvalue weighted by Gasteiger charge is 2.18. The highest BCUT2D eigenvalue weighted by atomic mass is 16.3. The average Bonchev–Trinajstić information content (AvgIpc) is 2.86. The topological polar surface area (TPSA) is 105 Å². The molecule has 2 aromatic rings. The van der Waals surface area contributed by atoms with Crippen molar-refractivity contribution in [2.75, 3.05) is 18.5 Å². The number of nitrogens with zero attached hydrogens (tertiary/aromatic N) is 3. The van der Waals surface area contributed by atoms with Crippen LogP contribution in [0.25, 0.3) is 11.2 Å². The number of hydrogen-bond donors (Lipinski definition) is 3. The molecule has 0 aromatic carbocycles. The van der Waals surface area contributed by atoms with E-state index in [9.17, 15) is 9.59 Å². The normalized spacial score (nSPS) is 12.8. The molecule has 8 heteroatoms. The molecule has 3 N–H and O–H groups in total. The Morgan fingerprint density at radius 2 is 2.15 bits per heavy atom. The fraction of sp³-hybridized carbons (Fsp3) is 0.583. The summed E-state index contributed by atoms with van der Waals surface area (Å²) in [5.74, 6) is 0.369. The van der Waals surface area contributed by atoms with Crippen molar-refractivity contribution >= 4 is 17.1 Å². The van der Waals surface area contributed by atoms with Crippen LogP contribution in [0.5, 0.6) is 0 Å². The SMILES string of the molecule is CCC(C)n1c(=O)n(C)c(=O)c2[nH]c(NCCO)nc21. The van der Waals surface area contributed by atoms with Crippen molar-refractivity contribution in [1.82, 2.24) is 19.1 Å². The van der Waals surface area contributed by atoms with Crippen LogP contribution < -0.4 is 16.6 Å². The highest BCUT2D eigenvalue weighted by Crippen LogP contribution is 2.15. The first-order chi connectivity index (χ1) is 9.51. The second kappa shape index (κ2) is 5.49. The van der Waals surface area contributed by atoms with Crippen LogP contribution in [0.3, 0.4) is 0 Å². The van der Waals surface area contributed by atoms with Gasteiger partial charge >= 0.3 is 5.69 Å². The molecule has 0 fully saturated rings. The van der Waals surface area contributed by atoms with E-state index in [4.69, 9.17) is 5.11 Å². The molecule has 0 aliphatic heterocycles. The molecule has 2 aromatic heterocycles. The van der Waals surface area contributed by atoms with Crippen molar-refractivity contribution in [1.29, 1.82) is 0 Å². The molecule has 2 rings (SSSR count). The Morgan fingerprint density at radius 3 is 2.75 bits per heavy atom.